The predicted octanol–water partition coefficient (Wildman–Crippen LogP) is 5.07. The molecule has 0 aromatic heterocycles. The normalized spacial score (nSPS) is 13.2. The average Bonchev–Trinajstić information content (AvgIpc) is 2.63. The topological polar surface area (TPSA) is 50.4 Å². The molecule has 0 radical (unpaired) electrons. The number of ether oxygens (including phenoxy) is 1. The first-order chi connectivity index (χ1) is 12.0. The first-order valence-electron chi connectivity index (χ1n) is 8.11. The van der Waals surface area contributed by atoms with Gasteiger partial charge in [-0.3, -0.25) is 10.1 Å². The van der Waals surface area contributed by atoms with Crippen molar-refractivity contribution in [1.29, 1.82) is 0 Å². The van der Waals surface area contributed by atoms with Crippen molar-refractivity contribution < 1.29 is 9.53 Å². The van der Waals surface area contributed by atoms with Crippen LogP contribution in [0.1, 0.15) is 31.9 Å². The number of halogens is 2. The fourth-order valence-corrected chi connectivity index (χ4v) is 2.85. The molecule has 0 saturated heterocycles. The van der Waals surface area contributed by atoms with Crippen molar-refractivity contribution in [3.8, 4) is 5.75 Å². The fraction of sp³-hybridized carbons (Fsp3) is 0.316. The molecule has 2 aromatic carbocycles. The molecule has 0 saturated carbocycles. The van der Waals surface area contributed by atoms with Crippen LogP contribution < -0.4 is 15.4 Å². The average molecular weight is 381 g/mol. The lowest BCUT2D eigenvalue weighted by molar-refractivity contribution is -0.118. The van der Waals surface area contributed by atoms with E-state index in [0.29, 0.717) is 15.7 Å². The molecule has 134 valence electrons. The van der Waals surface area contributed by atoms with Gasteiger partial charge in [-0.2, -0.15) is 0 Å². The molecule has 2 aromatic rings. The third-order valence-corrected chi connectivity index (χ3v) is 4.80. The van der Waals surface area contributed by atoms with E-state index in [1.807, 2.05) is 31.2 Å². The molecule has 4 nitrogen and oxygen atoms in total. The Kier molecular flexibility index (Phi) is 7.12. The smallest absolute Gasteiger partial charge is 0.241 e. The number of rotatable bonds is 7. The number of benzene rings is 2. The number of methoxy groups -OCH3 is 1. The third kappa shape index (κ3) is 5.11. The zero-order chi connectivity index (χ0) is 18.4. The standard InChI is InChI=1S/C19H22Cl2N2O2/c1-4-16(13-8-10-14(25-3)11-9-13)22-12(2)19(24)23-17-7-5-6-15(20)18(17)21/h5-12,16,22H,4H2,1-3H3,(H,23,24). The van der Waals surface area contributed by atoms with Gasteiger partial charge in [0, 0.05) is 6.04 Å². The summed E-state index contributed by atoms with van der Waals surface area (Å²) in [4.78, 5) is 12.5. The molecular formula is C19H22Cl2N2O2. The molecule has 2 N–H and O–H groups in total. The number of carbonyl (C=O) groups is 1. The molecule has 0 fully saturated rings. The lowest BCUT2D eigenvalue weighted by Crippen LogP contribution is -2.40. The Labute approximate surface area is 158 Å². The van der Waals surface area contributed by atoms with Gasteiger partial charge in [0.05, 0.1) is 28.9 Å². The molecule has 0 aliphatic heterocycles. The maximum Gasteiger partial charge on any atom is 0.241 e. The van der Waals surface area contributed by atoms with Gasteiger partial charge in [-0.1, -0.05) is 48.3 Å². The summed E-state index contributed by atoms with van der Waals surface area (Å²) in [6, 6.07) is 12.6. The number of nitrogens with one attached hydrogen (secondary N) is 2. The molecule has 0 aliphatic carbocycles. The maximum absolute atomic E-state index is 12.5. The molecule has 6 heteroatoms. The third-order valence-electron chi connectivity index (χ3n) is 3.98. The van der Waals surface area contributed by atoms with Crippen molar-refractivity contribution in [2.24, 2.45) is 0 Å². The number of anilines is 1. The van der Waals surface area contributed by atoms with Gasteiger partial charge >= 0.3 is 0 Å². The zero-order valence-corrected chi connectivity index (χ0v) is 16.0. The minimum atomic E-state index is -0.401. The molecule has 2 unspecified atom stereocenters. The SMILES string of the molecule is CCC(NC(C)C(=O)Nc1cccc(Cl)c1Cl)c1ccc(OC)cc1. The summed E-state index contributed by atoms with van der Waals surface area (Å²) in [7, 11) is 1.64. The molecule has 2 atom stereocenters. The Balaban J connectivity index is 2.03. The second-order valence-electron chi connectivity index (χ2n) is 5.71. The van der Waals surface area contributed by atoms with E-state index in [1.165, 1.54) is 0 Å². The number of hydrogen-bond acceptors (Lipinski definition) is 3. The van der Waals surface area contributed by atoms with Gasteiger partial charge in [0.2, 0.25) is 5.91 Å². The highest BCUT2D eigenvalue weighted by molar-refractivity contribution is 6.44. The van der Waals surface area contributed by atoms with E-state index in [-0.39, 0.29) is 11.9 Å². The first-order valence-corrected chi connectivity index (χ1v) is 8.86. The maximum atomic E-state index is 12.5. The lowest BCUT2D eigenvalue weighted by Gasteiger charge is -2.22. The van der Waals surface area contributed by atoms with Crippen LogP contribution in [0.3, 0.4) is 0 Å². The van der Waals surface area contributed by atoms with Crippen LogP contribution in [0.25, 0.3) is 0 Å². The Morgan fingerprint density at radius 3 is 2.44 bits per heavy atom. The van der Waals surface area contributed by atoms with Gasteiger partial charge in [-0.15, -0.1) is 0 Å². The van der Waals surface area contributed by atoms with Crippen molar-refractivity contribution in [2.75, 3.05) is 12.4 Å². The summed E-state index contributed by atoms with van der Waals surface area (Å²) < 4.78 is 5.18. The summed E-state index contributed by atoms with van der Waals surface area (Å²) in [5.74, 6) is 0.635. The van der Waals surface area contributed by atoms with Gasteiger partial charge in [-0.05, 0) is 43.2 Å². The minimum absolute atomic E-state index is 0.0569. The summed E-state index contributed by atoms with van der Waals surface area (Å²) in [5.41, 5.74) is 1.61. The molecule has 2 rings (SSSR count). The van der Waals surface area contributed by atoms with Crippen LogP contribution in [0.15, 0.2) is 42.5 Å². The van der Waals surface area contributed by atoms with Gasteiger partial charge < -0.3 is 10.1 Å². The number of amides is 1. The van der Waals surface area contributed by atoms with Crippen molar-refractivity contribution in [3.05, 3.63) is 58.1 Å². The molecule has 0 spiro atoms. The highest BCUT2D eigenvalue weighted by atomic mass is 35.5. The molecule has 1 amide bonds. The van der Waals surface area contributed by atoms with Crippen molar-refractivity contribution in [2.45, 2.75) is 32.4 Å². The highest BCUT2D eigenvalue weighted by Crippen LogP contribution is 2.29. The molecule has 0 heterocycles. The summed E-state index contributed by atoms with van der Waals surface area (Å²) in [6.45, 7) is 3.89. The largest absolute Gasteiger partial charge is 0.497 e. The number of hydrogen-bond donors (Lipinski definition) is 2. The van der Waals surface area contributed by atoms with E-state index >= 15 is 0 Å². The lowest BCUT2D eigenvalue weighted by atomic mass is 10.0. The van der Waals surface area contributed by atoms with Gasteiger partial charge in [0.15, 0.2) is 0 Å². The Hall–Kier alpha value is -1.75. The summed E-state index contributed by atoms with van der Waals surface area (Å²) in [5, 5.41) is 6.90. The van der Waals surface area contributed by atoms with Crippen molar-refractivity contribution in [3.63, 3.8) is 0 Å². The van der Waals surface area contributed by atoms with Crippen LogP contribution >= 0.6 is 23.2 Å². The van der Waals surface area contributed by atoms with E-state index in [2.05, 4.69) is 17.6 Å². The first kappa shape index (κ1) is 19.6. The fourth-order valence-electron chi connectivity index (χ4n) is 2.50. The van der Waals surface area contributed by atoms with Gasteiger partial charge in [0.25, 0.3) is 0 Å². The molecule has 0 bridgehead atoms. The predicted molar refractivity (Wildman–Crippen MR) is 104 cm³/mol. The molecular weight excluding hydrogens is 359 g/mol. The Morgan fingerprint density at radius 1 is 1.16 bits per heavy atom. The zero-order valence-electron chi connectivity index (χ0n) is 14.5. The quantitative estimate of drug-likeness (QED) is 0.704. The van der Waals surface area contributed by atoms with Crippen LogP contribution in [0.4, 0.5) is 5.69 Å². The summed E-state index contributed by atoms with van der Waals surface area (Å²) >= 11 is 12.1. The van der Waals surface area contributed by atoms with Crippen LogP contribution in [-0.2, 0) is 4.79 Å². The van der Waals surface area contributed by atoms with Crippen LogP contribution in [0.5, 0.6) is 5.75 Å². The van der Waals surface area contributed by atoms with Crippen molar-refractivity contribution >= 4 is 34.8 Å². The molecule has 25 heavy (non-hydrogen) atoms. The second-order valence-corrected chi connectivity index (χ2v) is 6.50. The second kappa shape index (κ2) is 9.09. The monoisotopic (exact) mass is 380 g/mol. The van der Waals surface area contributed by atoms with Crippen LogP contribution in [0, 0.1) is 0 Å². The van der Waals surface area contributed by atoms with Gasteiger partial charge in [0.1, 0.15) is 5.75 Å². The Bertz CT molecular complexity index is 720. The highest BCUT2D eigenvalue weighted by Gasteiger charge is 2.19. The Morgan fingerprint density at radius 2 is 1.84 bits per heavy atom. The van der Waals surface area contributed by atoms with E-state index in [0.717, 1.165) is 17.7 Å². The summed E-state index contributed by atoms with van der Waals surface area (Å²) in [6.07, 6.45) is 0.849. The van der Waals surface area contributed by atoms with Crippen molar-refractivity contribution in [1.82, 2.24) is 5.32 Å². The van der Waals surface area contributed by atoms with E-state index < -0.39 is 6.04 Å². The number of carbonyl (C=O) groups excluding carboxylic acids is 1. The minimum Gasteiger partial charge on any atom is -0.497 e. The van der Waals surface area contributed by atoms with Crippen LogP contribution in [-0.4, -0.2) is 19.1 Å². The van der Waals surface area contributed by atoms with Crippen LogP contribution in [0.2, 0.25) is 10.0 Å². The van der Waals surface area contributed by atoms with E-state index in [4.69, 9.17) is 27.9 Å². The van der Waals surface area contributed by atoms with Gasteiger partial charge in [-0.25, -0.2) is 0 Å². The van der Waals surface area contributed by atoms with E-state index in [1.54, 1.807) is 25.3 Å². The molecule has 0 aliphatic rings. The van der Waals surface area contributed by atoms with E-state index in [9.17, 15) is 4.79 Å².